The predicted octanol–water partition coefficient (Wildman–Crippen LogP) is 2.25. The van der Waals surface area contributed by atoms with E-state index in [4.69, 9.17) is 4.74 Å². The molecule has 144 valence electrons. The number of nitriles is 1. The number of hydrogen-bond acceptors (Lipinski definition) is 7. The summed E-state index contributed by atoms with van der Waals surface area (Å²) in [5.41, 5.74) is 2.14. The average molecular weight is 371 g/mol. The molecule has 1 aromatic heterocycles. The maximum absolute atomic E-state index is 12.5. The quantitative estimate of drug-likeness (QED) is 0.855. The van der Waals surface area contributed by atoms with Gasteiger partial charge in [0.1, 0.15) is 5.60 Å². The van der Waals surface area contributed by atoms with Crippen LogP contribution in [-0.2, 0) is 17.7 Å². The van der Waals surface area contributed by atoms with Gasteiger partial charge in [-0.15, -0.1) is 0 Å². The summed E-state index contributed by atoms with van der Waals surface area (Å²) in [4.78, 5) is 24.7. The average Bonchev–Trinajstić information content (AvgIpc) is 2.59. The van der Waals surface area contributed by atoms with Crippen molar-refractivity contribution in [2.24, 2.45) is 4.99 Å². The van der Waals surface area contributed by atoms with Crippen LogP contribution >= 0.6 is 0 Å². The van der Waals surface area contributed by atoms with E-state index in [9.17, 15) is 15.2 Å². The van der Waals surface area contributed by atoms with Gasteiger partial charge in [-0.2, -0.15) is 5.26 Å². The van der Waals surface area contributed by atoms with Crippen molar-refractivity contribution in [3.63, 3.8) is 0 Å². The van der Waals surface area contributed by atoms with Crippen molar-refractivity contribution < 1.29 is 14.6 Å². The lowest BCUT2D eigenvalue weighted by Gasteiger charge is -2.42. The van der Waals surface area contributed by atoms with Crippen molar-refractivity contribution in [2.45, 2.75) is 51.8 Å². The Hall–Kier alpha value is -2.82. The number of carbonyl (C=O) groups excluding carboxylic acids is 1. The van der Waals surface area contributed by atoms with Gasteiger partial charge in [0.05, 0.1) is 30.8 Å². The van der Waals surface area contributed by atoms with Gasteiger partial charge < -0.3 is 19.6 Å². The van der Waals surface area contributed by atoms with E-state index in [2.05, 4.69) is 20.9 Å². The molecule has 2 aliphatic heterocycles. The normalized spacial score (nSPS) is 19.4. The van der Waals surface area contributed by atoms with Gasteiger partial charge >= 0.3 is 6.09 Å². The predicted molar refractivity (Wildman–Crippen MR) is 101 cm³/mol. The topological polar surface area (TPSA) is 102 Å². The second-order valence-electron chi connectivity index (χ2n) is 7.79. The first-order valence-electron chi connectivity index (χ1n) is 9.10. The van der Waals surface area contributed by atoms with Crippen molar-refractivity contribution in [3.05, 3.63) is 17.3 Å². The van der Waals surface area contributed by atoms with Crippen LogP contribution in [0.15, 0.2) is 11.1 Å². The van der Waals surface area contributed by atoms with Gasteiger partial charge in [-0.3, -0.25) is 4.99 Å². The third kappa shape index (κ3) is 4.30. The van der Waals surface area contributed by atoms with Crippen LogP contribution in [0.2, 0.25) is 0 Å². The minimum absolute atomic E-state index is 0.0349. The number of aromatic hydroxyl groups is 1. The molecule has 0 radical (unpaired) electrons. The standard InChI is InChI=1S/C19H25N5O3/c1-19(2,3)27-18(26)24-9-8-23(12-13(24)4-6-20)16-10-17(25)22-15-11-21-7-5-14(15)16/h7,10,13H,4-5,8-9,11-12H2,1-3H3,(H,22,25)/t13-/m0/s1. The molecule has 1 amide bonds. The monoisotopic (exact) mass is 371 g/mol. The smallest absolute Gasteiger partial charge is 0.410 e. The number of fused-ring (bicyclic) bond motifs is 1. The molecule has 0 aromatic carbocycles. The van der Waals surface area contributed by atoms with Gasteiger partial charge in [0.25, 0.3) is 0 Å². The summed E-state index contributed by atoms with van der Waals surface area (Å²) in [6.07, 6.45) is 2.34. The van der Waals surface area contributed by atoms with E-state index in [1.807, 2.05) is 27.0 Å². The molecular weight excluding hydrogens is 346 g/mol. The number of pyridine rings is 1. The van der Waals surface area contributed by atoms with E-state index in [0.29, 0.717) is 32.6 Å². The van der Waals surface area contributed by atoms with Crippen LogP contribution < -0.4 is 4.90 Å². The number of nitrogens with zero attached hydrogens (tertiary/aromatic N) is 5. The molecule has 0 saturated carbocycles. The molecule has 0 spiro atoms. The lowest BCUT2D eigenvalue weighted by Crippen LogP contribution is -2.56. The molecule has 1 aromatic rings. The van der Waals surface area contributed by atoms with Crippen molar-refractivity contribution >= 4 is 18.0 Å². The Morgan fingerprint density at radius 3 is 2.93 bits per heavy atom. The summed E-state index contributed by atoms with van der Waals surface area (Å²) in [5.74, 6) is -0.0349. The van der Waals surface area contributed by atoms with Crippen molar-refractivity contribution in [3.8, 4) is 11.9 Å². The zero-order valence-corrected chi connectivity index (χ0v) is 16.0. The number of aromatic nitrogens is 1. The van der Waals surface area contributed by atoms with Gasteiger partial charge in [-0.1, -0.05) is 0 Å². The maximum atomic E-state index is 12.5. The largest absolute Gasteiger partial charge is 0.493 e. The minimum Gasteiger partial charge on any atom is -0.493 e. The molecule has 3 heterocycles. The molecule has 1 saturated heterocycles. The zero-order valence-electron chi connectivity index (χ0n) is 16.0. The molecule has 3 rings (SSSR count). The number of aliphatic imine (C=N–C) groups is 1. The van der Waals surface area contributed by atoms with Crippen LogP contribution in [0, 0.1) is 11.3 Å². The highest BCUT2D eigenvalue weighted by Crippen LogP contribution is 2.31. The third-order valence-electron chi connectivity index (χ3n) is 4.62. The van der Waals surface area contributed by atoms with E-state index in [0.717, 1.165) is 16.9 Å². The third-order valence-corrected chi connectivity index (χ3v) is 4.62. The van der Waals surface area contributed by atoms with Crippen LogP contribution in [0.4, 0.5) is 10.5 Å². The number of carbonyl (C=O) groups is 1. The summed E-state index contributed by atoms with van der Waals surface area (Å²) < 4.78 is 5.50. The van der Waals surface area contributed by atoms with Crippen LogP contribution in [-0.4, -0.2) is 58.6 Å². The van der Waals surface area contributed by atoms with E-state index in [-0.39, 0.29) is 18.3 Å². The van der Waals surface area contributed by atoms with Gasteiger partial charge in [0.2, 0.25) is 5.88 Å². The van der Waals surface area contributed by atoms with Crippen LogP contribution in [0.5, 0.6) is 5.88 Å². The molecule has 1 N–H and O–H groups in total. The SMILES string of the molecule is CC(C)(C)OC(=O)N1CCN(c2cc(O)nc3c2CC=NC3)C[C@@H]1CC#N. The second-order valence-corrected chi connectivity index (χ2v) is 7.79. The zero-order chi connectivity index (χ0) is 19.6. The number of rotatable bonds is 2. The highest BCUT2D eigenvalue weighted by Gasteiger charge is 2.34. The van der Waals surface area contributed by atoms with E-state index < -0.39 is 11.7 Å². The Morgan fingerprint density at radius 1 is 1.44 bits per heavy atom. The Labute approximate surface area is 159 Å². The number of piperazine rings is 1. The first kappa shape index (κ1) is 19.0. The molecule has 1 fully saturated rings. The number of anilines is 1. The summed E-state index contributed by atoms with van der Waals surface area (Å²) in [6.45, 7) is 7.48. The first-order valence-corrected chi connectivity index (χ1v) is 9.10. The Morgan fingerprint density at radius 2 is 2.22 bits per heavy atom. The number of ether oxygens (including phenoxy) is 1. The van der Waals surface area contributed by atoms with Gasteiger partial charge in [0, 0.05) is 49.6 Å². The molecule has 2 aliphatic rings. The lowest BCUT2D eigenvalue weighted by molar-refractivity contribution is 0.0145. The van der Waals surface area contributed by atoms with Gasteiger partial charge in [-0.05, 0) is 20.8 Å². The van der Waals surface area contributed by atoms with E-state index in [1.54, 1.807) is 11.0 Å². The Kier molecular flexibility index (Phi) is 5.22. The lowest BCUT2D eigenvalue weighted by atomic mass is 10.0. The molecule has 1 atom stereocenters. The van der Waals surface area contributed by atoms with Gasteiger partial charge in [0.15, 0.2) is 0 Å². The summed E-state index contributed by atoms with van der Waals surface area (Å²) in [7, 11) is 0. The molecule has 0 bridgehead atoms. The highest BCUT2D eigenvalue weighted by molar-refractivity contribution is 5.72. The molecule has 8 heteroatoms. The molecule has 0 unspecified atom stereocenters. The van der Waals surface area contributed by atoms with Crippen LogP contribution in [0.3, 0.4) is 0 Å². The molecule has 27 heavy (non-hydrogen) atoms. The van der Waals surface area contributed by atoms with E-state index in [1.165, 1.54) is 0 Å². The van der Waals surface area contributed by atoms with Crippen molar-refractivity contribution in [1.82, 2.24) is 9.88 Å². The second kappa shape index (κ2) is 7.43. The summed E-state index contributed by atoms with van der Waals surface area (Å²) in [6, 6.07) is 3.55. The van der Waals surface area contributed by atoms with Gasteiger partial charge in [-0.25, -0.2) is 9.78 Å². The minimum atomic E-state index is -0.583. The Bertz CT molecular complexity index is 794. The fourth-order valence-electron chi connectivity index (χ4n) is 3.45. The highest BCUT2D eigenvalue weighted by atomic mass is 16.6. The van der Waals surface area contributed by atoms with E-state index >= 15 is 0 Å². The number of amides is 1. The molecule has 0 aliphatic carbocycles. The van der Waals surface area contributed by atoms with Crippen molar-refractivity contribution in [1.29, 1.82) is 5.26 Å². The summed E-state index contributed by atoms with van der Waals surface area (Å²) in [5, 5.41) is 19.2. The first-order chi connectivity index (χ1) is 12.8. The van der Waals surface area contributed by atoms with Crippen LogP contribution in [0.1, 0.15) is 38.4 Å². The number of hydrogen-bond donors (Lipinski definition) is 1. The molecular formula is C19H25N5O3. The molecule has 8 nitrogen and oxygen atoms in total. The fraction of sp³-hybridized carbons (Fsp3) is 0.579. The summed E-state index contributed by atoms with van der Waals surface area (Å²) >= 11 is 0. The van der Waals surface area contributed by atoms with Crippen molar-refractivity contribution in [2.75, 3.05) is 24.5 Å². The maximum Gasteiger partial charge on any atom is 0.410 e. The Balaban J connectivity index is 1.83. The fourth-order valence-corrected chi connectivity index (χ4v) is 3.45. The van der Waals surface area contributed by atoms with Crippen LogP contribution in [0.25, 0.3) is 0 Å².